The minimum absolute atomic E-state index is 0.0598. The number of hydrogen-bond acceptors (Lipinski definition) is 4. The molecular formula is C10H15FN4O. The SMILES string of the molecule is CCN(C)C(=O)C(C)Nc1ncc(F)cn1. The van der Waals surface area contributed by atoms with Crippen LogP contribution < -0.4 is 5.32 Å². The summed E-state index contributed by atoms with van der Waals surface area (Å²) < 4.78 is 12.5. The topological polar surface area (TPSA) is 58.1 Å². The zero-order valence-electron chi connectivity index (χ0n) is 9.57. The van der Waals surface area contributed by atoms with Gasteiger partial charge in [0.25, 0.3) is 0 Å². The van der Waals surface area contributed by atoms with Crippen molar-refractivity contribution in [3.63, 3.8) is 0 Å². The van der Waals surface area contributed by atoms with Crippen LogP contribution in [-0.2, 0) is 4.79 Å². The van der Waals surface area contributed by atoms with E-state index < -0.39 is 11.9 Å². The maximum absolute atomic E-state index is 12.5. The van der Waals surface area contributed by atoms with Gasteiger partial charge in [0.15, 0.2) is 5.82 Å². The summed E-state index contributed by atoms with van der Waals surface area (Å²) >= 11 is 0. The number of carbonyl (C=O) groups excluding carboxylic acids is 1. The molecule has 0 radical (unpaired) electrons. The molecule has 0 bridgehead atoms. The fraction of sp³-hybridized carbons (Fsp3) is 0.500. The van der Waals surface area contributed by atoms with Crippen LogP contribution in [0.3, 0.4) is 0 Å². The molecule has 1 aromatic heterocycles. The number of nitrogens with zero attached hydrogens (tertiary/aromatic N) is 3. The molecule has 0 aromatic carbocycles. The van der Waals surface area contributed by atoms with Crippen molar-refractivity contribution < 1.29 is 9.18 Å². The van der Waals surface area contributed by atoms with Crippen molar-refractivity contribution in [2.24, 2.45) is 0 Å². The molecule has 1 aromatic rings. The third-order valence-corrected chi connectivity index (χ3v) is 2.19. The quantitative estimate of drug-likeness (QED) is 0.828. The number of hydrogen-bond donors (Lipinski definition) is 1. The predicted molar refractivity (Wildman–Crippen MR) is 58.4 cm³/mol. The predicted octanol–water partition coefficient (Wildman–Crippen LogP) is 0.894. The molecule has 1 unspecified atom stereocenters. The Morgan fingerprint density at radius 2 is 2.12 bits per heavy atom. The minimum Gasteiger partial charge on any atom is -0.344 e. The molecule has 1 rings (SSSR count). The van der Waals surface area contributed by atoms with E-state index in [1.54, 1.807) is 18.9 Å². The van der Waals surface area contributed by atoms with Crippen LogP contribution in [0.15, 0.2) is 12.4 Å². The lowest BCUT2D eigenvalue weighted by molar-refractivity contribution is -0.130. The van der Waals surface area contributed by atoms with Crippen molar-refractivity contribution in [3.05, 3.63) is 18.2 Å². The summed E-state index contributed by atoms with van der Waals surface area (Å²) in [6.07, 6.45) is 2.10. The minimum atomic E-state index is -0.504. The highest BCUT2D eigenvalue weighted by molar-refractivity contribution is 5.83. The molecule has 0 saturated carbocycles. The Bertz CT molecular complexity index is 354. The van der Waals surface area contributed by atoms with Gasteiger partial charge in [-0.05, 0) is 13.8 Å². The van der Waals surface area contributed by atoms with Gasteiger partial charge in [-0.1, -0.05) is 0 Å². The largest absolute Gasteiger partial charge is 0.344 e. The zero-order chi connectivity index (χ0) is 12.1. The van der Waals surface area contributed by atoms with Crippen LogP contribution in [0.5, 0.6) is 0 Å². The highest BCUT2D eigenvalue weighted by Crippen LogP contribution is 2.02. The fourth-order valence-electron chi connectivity index (χ4n) is 1.13. The first-order valence-corrected chi connectivity index (χ1v) is 5.03. The van der Waals surface area contributed by atoms with Gasteiger partial charge in [0, 0.05) is 13.6 Å². The molecule has 0 aliphatic rings. The van der Waals surface area contributed by atoms with Crippen molar-refractivity contribution in [2.75, 3.05) is 18.9 Å². The summed E-state index contributed by atoms with van der Waals surface area (Å²) in [5, 5.41) is 2.80. The molecule has 0 spiro atoms. The van der Waals surface area contributed by atoms with Crippen molar-refractivity contribution in [1.82, 2.24) is 14.9 Å². The van der Waals surface area contributed by atoms with Crippen LogP contribution in [0.25, 0.3) is 0 Å². The second kappa shape index (κ2) is 5.39. The molecule has 1 atom stereocenters. The Morgan fingerprint density at radius 1 is 1.56 bits per heavy atom. The number of carbonyl (C=O) groups is 1. The van der Waals surface area contributed by atoms with Crippen LogP contribution in [0, 0.1) is 5.82 Å². The van der Waals surface area contributed by atoms with E-state index in [2.05, 4.69) is 15.3 Å². The molecular weight excluding hydrogens is 211 g/mol. The molecule has 0 saturated heterocycles. The molecule has 0 aliphatic carbocycles. The average molecular weight is 226 g/mol. The van der Waals surface area contributed by atoms with E-state index in [1.165, 1.54) is 0 Å². The molecule has 5 nitrogen and oxygen atoms in total. The van der Waals surface area contributed by atoms with E-state index in [0.29, 0.717) is 6.54 Å². The first kappa shape index (κ1) is 12.4. The van der Waals surface area contributed by atoms with Gasteiger partial charge < -0.3 is 10.2 Å². The van der Waals surface area contributed by atoms with Crippen molar-refractivity contribution in [1.29, 1.82) is 0 Å². The van der Waals surface area contributed by atoms with Gasteiger partial charge in [0.05, 0.1) is 12.4 Å². The highest BCUT2D eigenvalue weighted by atomic mass is 19.1. The van der Waals surface area contributed by atoms with Crippen molar-refractivity contribution in [2.45, 2.75) is 19.9 Å². The average Bonchev–Trinajstić information content (AvgIpc) is 2.30. The van der Waals surface area contributed by atoms with Gasteiger partial charge in [-0.25, -0.2) is 14.4 Å². The summed E-state index contributed by atoms with van der Waals surface area (Å²) in [6.45, 7) is 4.23. The van der Waals surface area contributed by atoms with Gasteiger partial charge in [0.1, 0.15) is 6.04 Å². The summed E-state index contributed by atoms with van der Waals surface area (Å²) in [7, 11) is 1.71. The normalized spacial score (nSPS) is 12.0. The molecule has 1 amide bonds. The number of nitrogens with one attached hydrogen (secondary N) is 1. The summed E-state index contributed by atoms with van der Waals surface area (Å²) in [4.78, 5) is 20.7. The Hall–Kier alpha value is -1.72. The second-order valence-electron chi connectivity index (χ2n) is 3.44. The number of amides is 1. The fourth-order valence-corrected chi connectivity index (χ4v) is 1.13. The first-order chi connectivity index (χ1) is 7.54. The van der Waals surface area contributed by atoms with Crippen LogP contribution in [0.4, 0.5) is 10.3 Å². The molecule has 0 aliphatic heterocycles. The van der Waals surface area contributed by atoms with Gasteiger partial charge in [-0.2, -0.15) is 0 Å². The van der Waals surface area contributed by atoms with Crippen LogP contribution >= 0.6 is 0 Å². The highest BCUT2D eigenvalue weighted by Gasteiger charge is 2.16. The summed E-state index contributed by atoms with van der Waals surface area (Å²) in [6, 6.07) is -0.435. The van der Waals surface area contributed by atoms with Crippen molar-refractivity contribution >= 4 is 11.9 Å². The van der Waals surface area contributed by atoms with Gasteiger partial charge in [-0.15, -0.1) is 0 Å². The molecule has 0 fully saturated rings. The standard InChI is InChI=1S/C10H15FN4O/c1-4-15(3)9(16)7(2)14-10-12-5-8(11)6-13-10/h5-7H,4H2,1-3H3,(H,12,13,14). The molecule has 1 N–H and O–H groups in total. The van der Waals surface area contributed by atoms with E-state index in [9.17, 15) is 9.18 Å². The van der Waals surface area contributed by atoms with Gasteiger partial charge >= 0.3 is 0 Å². The maximum Gasteiger partial charge on any atom is 0.244 e. The Labute approximate surface area is 93.7 Å². The van der Waals surface area contributed by atoms with Crippen LogP contribution in [0.2, 0.25) is 0 Å². The lowest BCUT2D eigenvalue weighted by Crippen LogP contribution is -2.39. The van der Waals surface area contributed by atoms with Crippen LogP contribution in [-0.4, -0.2) is 40.4 Å². The third kappa shape index (κ3) is 3.15. The molecule has 1 heterocycles. The van der Waals surface area contributed by atoms with Crippen LogP contribution in [0.1, 0.15) is 13.8 Å². The summed E-state index contributed by atoms with van der Waals surface area (Å²) in [5.41, 5.74) is 0. The first-order valence-electron chi connectivity index (χ1n) is 5.03. The Morgan fingerprint density at radius 3 is 2.62 bits per heavy atom. The number of aromatic nitrogens is 2. The number of likely N-dealkylation sites (N-methyl/N-ethyl adjacent to an activating group) is 1. The van der Waals surface area contributed by atoms with E-state index in [1.807, 2.05) is 6.92 Å². The Balaban J connectivity index is 2.60. The van der Waals surface area contributed by atoms with E-state index in [-0.39, 0.29) is 11.9 Å². The third-order valence-electron chi connectivity index (χ3n) is 2.19. The second-order valence-corrected chi connectivity index (χ2v) is 3.44. The van der Waals surface area contributed by atoms with E-state index in [0.717, 1.165) is 12.4 Å². The molecule has 88 valence electrons. The monoisotopic (exact) mass is 226 g/mol. The number of rotatable bonds is 4. The lowest BCUT2D eigenvalue weighted by Gasteiger charge is -2.20. The number of anilines is 1. The van der Waals surface area contributed by atoms with Crippen molar-refractivity contribution in [3.8, 4) is 0 Å². The molecule has 16 heavy (non-hydrogen) atoms. The Kier molecular flexibility index (Phi) is 4.16. The smallest absolute Gasteiger partial charge is 0.244 e. The summed E-state index contributed by atoms with van der Waals surface area (Å²) in [5.74, 6) is -0.322. The maximum atomic E-state index is 12.5. The number of halogens is 1. The van der Waals surface area contributed by atoms with E-state index >= 15 is 0 Å². The van der Waals surface area contributed by atoms with Gasteiger partial charge in [-0.3, -0.25) is 4.79 Å². The zero-order valence-corrected chi connectivity index (χ0v) is 9.57. The lowest BCUT2D eigenvalue weighted by atomic mass is 10.3. The van der Waals surface area contributed by atoms with E-state index in [4.69, 9.17) is 0 Å². The van der Waals surface area contributed by atoms with Gasteiger partial charge in [0.2, 0.25) is 11.9 Å². The molecule has 6 heteroatoms.